The summed E-state index contributed by atoms with van der Waals surface area (Å²) in [4.78, 5) is 0. The molecule has 1 fully saturated rings. The average Bonchev–Trinajstić information content (AvgIpc) is 2.23. The summed E-state index contributed by atoms with van der Waals surface area (Å²) < 4.78 is 0. The fourth-order valence-electron chi connectivity index (χ4n) is 2.18. The molecule has 14 heavy (non-hydrogen) atoms. The van der Waals surface area contributed by atoms with Crippen molar-refractivity contribution in [2.75, 3.05) is 6.54 Å². The van der Waals surface area contributed by atoms with Gasteiger partial charge in [-0.3, -0.25) is 0 Å². The molecule has 1 aliphatic heterocycles. The summed E-state index contributed by atoms with van der Waals surface area (Å²) >= 11 is 0. The van der Waals surface area contributed by atoms with Gasteiger partial charge in [0.1, 0.15) is 0 Å². The van der Waals surface area contributed by atoms with Crippen molar-refractivity contribution in [3.8, 4) is 0 Å². The fourth-order valence-corrected chi connectivity index (χ4v) is 2.18. The minimum absolute atomic E-state index is 0.724. The van der Waals surface area contributed by atoms with E-state index in [1.807, 2.05) is 0 Å². The number of rotatable bonds is 2. The van der Waals surface area contributed by atoms with Gasteiger partial charge in [0, 0.05) is 6.04 Å². The van der Waals surface area contributed by atoms with Crippen molar-refractivity contribution in [1.29, 1.82) is 0 Å². The van der Waals surface area contributed by atoms with Crippen molar-refractivity contribution >= 4 is 0 Å². The Balaban J connectivity index is 1.87. The van der Waals surface area contributed by atoms with Crippen LogP contribution in [-0.4, -0.2) is 12.6 Å². The zero-order chi connectivity index (χ0) is 9.80. The number of nitrogens with one attached hydrogen (secondary N) is 1. The zero-order valence-corrected chi connectivity index (χ0v) is 8.87. The first kappa shape index (κ1) is 9.72. The number of benzene rings is 1. The molecule has 0 aromatic heterocycles. The normalized spacial score (nSPS) is 27.5. The summed E-state index contributed by atoms with van der Waals surface area (Å²) in [5.74, 6) is 0.841. The van der Waals surface area contributed by atoms with Gasteiger partial charge in [-0.15, -0.1) is 0 Å². The van der Waals surface area contributed by atoms with Gasteiger partial charge in [-0.2, -0.15) is 0 Å². The van der Waals surface area contributed by atoms with Gasteiger partial charge in [-0.1, -0.05) is 30.3 Å². The summed E-state index contributed by atoms with van der Waals surface area (Å²) in [6.07, 6.45) is 3.95. The quantitative estimate of drug-likeness (QED) is 0.754. The number of piperidine rings is 1. The second kappa shape index (κ2) is 4.61. The van der Waals surface area contributed by atoms with Crippen LogP contribution in [0.2, 0.25) is 0 Å². The van der Waals surface area contributed by atoms with E-state index in [4.69, 9.17) is 0 Å². The van der Waals surface area contributed by atoms with E-state index in [9.17, 15) is 0 Å². The summed E-state index contributed by atoms with van der Waals surface area (Å²) in [5, 5.41) is 3.55. The Labute approximate surface area is 86.5 Å². The van der Waals surface area contributed by atoms with Crippen LogP contribution < -0.4 is 5.32 Å². The molecule has 0 bridgehead atoms. The molecule has 1 aromatic rings. The molecule has 1 aliphatic rings. The van der Waals surface area contributed by atoms with Crippen LogP contribution in [0.1, 0.15) is 25.3 Å². The topological polar surface area (TPSA) is 12.0 Å². The number of hydrogen-bond acceptors (Lipinski definition) is 1. The standard InChI is InChI=1S/C13H19N/c1-11-7-8-13(10-14-11)9-12-5-3-2-4-6-12/h2-6,11,13-14H,7-10H2,1H3/t11-,13+/m0/s1. The molecule has 1 saturated heterocycles. The lowest BCUT2D eigenvalue weighted by atomic mass is 9.90. The maximum Gasteiger partial charge on any atom is 0.00389 e. The Morgan fingerprint density at radius 3 is 2.64 bits per heavy atom. The van der Waals surface area contributed by atoms with Crippen molar-refractivity contribution in [2.24, 2.45) is 5.92 Å². The van der Waals surface area contributed by atoms with Crippen LogP contribution in [0.3, 0.4) is 0 Å². The molecular weight excluding hydrogens is 170 g/mol. The summed E-state index contributed by atoms with van der Waals surface area (Å²) in [7, 11) is 0. The van der Waals surface area contributed by atoms with Crippen LogP contribution in [0.4, 0.5) is 0 Å². The Morgan fingerprint density at radius 1 is 1.21 bits per heavy atom. The molecule has 0 saturated carbocycles. The Hall–Kier alpha value is -0.820. The second-order valence-corrected chi connectivity index (χ2v) is 4.44. The summed E-state index contributed by atoms with van der Waals surface area (Å²) in [6.45, 7) is 3.47. The van der Waals surface area contributed by atoms with Gasteiger partial charge >= 0.3 is 0 Å². The monoisotopic (exact) mass is 189 g/mol. The Kier molecular flexibility index (Phi) is 3.20. The zero-order valence-electron chi connectivity index (χ0n) is 8.87. The highest BCUT2D eigenvalue weighted by atomic mass is 14.9. The van der Waals surface area contributed by atoms with Crippen molar-refractivity contribution in [3.05, 3.63) is 35.9 Å². The highest BCUT2D eigenvalue weighted by Crippen LogP contribution is 2.18. The molecule has 76 valence electrons. The van der Waals surface area contributed by atoms with Gasteiger partial charge in [-0.25, -0.2) is 0 Å². The van der Waals surface area contributed by atoms with Crippen LogP contribution in [-0.2, 0) is 6.42 Å². The number of hydrogen-bond donors (Lipinski definition) is 1. The smallest absolute Gasteiger partial charge is 0.00389 e. The van der Waals surface area contributed by atoms with Crippen molar-refractivity contribution in [2.45, 2.75) is 32.2 Å². The van der Waals surface area contributed by atoms with E-state index >= 15 is 0 Å². The molecule has 1 nitrogen and oxygen atoms in total. The van der Waals surface area contributed by atoms with Crippen LogP contribution >= 0.6 is 0 Å². The highest BCUT2D eigenvalue weighted by molar-refractivity contribution is 5.15. The van der Waals surface area contributed by atoms with E-state index in [2.05, 4.69) is 42.6 Å². The van der Waals surface area contributed by atoms with Gasteiger partial charge in [0.05, 0.1) is 0 Å². The molecular formula is C13H19N. The molecule has 0 radical (unpaired) electrons. The first-order chi connectivity index (χ1) is 6.84. The lowest BCUT2D eigenvalue weighted by Gasteiger charge is -2.27. The fraction of sp³-hybridized carbons (Fsp3) is 0.538. The van der Waals surface area contributed by atoms with Crippen molar-refractivity contribution < 1.29 is 0 Å². The van der Waals surface area contributed by atoms with E-state index < -0.39 is 0 Å². The molecule has 1 aromatic carbocycles. The van der Waals surface area contributed by atoms with Gasteiger partial charge in [0.15, 0.2) is 0 Å². The van der Waals surface area contributed by atoms with E-state index in [1.54, 1.807) is 0 Å². The minimum atomic E-state index is 0.724. The van der Waals surface area contributed by atoms with Gasteiger partial charge in [-0.05, 0) is 44.2 Å². The predicted molar refractivity (Wildman–Crippen MR) is 60.3 cm³/mol. The average molecular weight is 189 g/mol. The van der Waals surface area contributed by atoms with Gasteiger partial charge < -0.3 is 5.32 Å². The van der Waals surface area contributed by atoms with Crippen LogP contribution in [0, 0.1) is 5.92 Å². The van der Waals surface area contributed by atoms with E-state index in [0.29, 0.717) is 0 Å². The molecule has 0 aliphatic carbocycles. The maximum atomic E-state index is 3.55. The van der Waals surface area contributed by atoms with E-state index in [0.717, 1.165) is 12.0 Å². The van der Waals surface area contributed by atoms with Gasteiger partial charge in [0.2, 0.25) is 0 Å². The van der Waals surface area contributed by atoms with Crippen molar-refractivity contribution in [3.63, 3.8) is 0 Å². The third kappa shape index (κ3) is 2.58. The maximum absolute atomic E-state index is 3.55. The molecule has 1 N–H and O–H groups in total. The van der Waals surface area contributed by atoms with E-state index in [1.165, 1.54) is 31.4 Å². The lowest BCUT2D eigenvalue weighted by molar-refractivity contribution is 0.322. The Morgan fingerprint density at radius 2 is 2.00 bits per heavy atom. The van der Waals surface area contributed by atoms with Crippen molar-refractivity contribution in [1.82, 2.24) is 5.32 Å². The van der Waals surface area contributed by atoms with Crippen LogP contribution in [0.15, 0.2) is 30.3 Å². The minimum Gasteiger partial charge on any atom is -0.314 e. The second-order valence-electron chi connectivity index (χ2n) is 4.44. The summed E-state index contributed by atoms with van der Waals surface area (Å²) in [5.41, 5.74) is 1.48. The van der Waals surface area contributed by atoms with Crippen LogP contribution in [0.5, 0.6) is 0 Å². The van der Waals surface area contributed by atoms with Gasteiger partial charge in [0.25, 0.3) is 0 Å². The first-order valence-electron chi connectivity index (χ1n) is 5.62. The van der Waals surface area contributed by atoms with Crippen LogP contribution in [0.25, 0.3) is 0 Å². The third-order valence-electron chi connectivity index (χ3n) is 3.13. The van der Waals surface area contributed by atoms with E-state index in [-0.39, 0.29) is 0 Å². The molecule has 0 spiro atoms. The highest BCUT2D eigenvalue weighted by Gasteiger charge is 2.17. The molecule has 0 unspecified atom stereocenters. The first-order valence-corrected chi connectivity index (χ1v) is 5.62. The molecule has 1 heterocycles. The SMILES string of the molecule is C[C@H]1CC[C@H](Cc2ccccc2)CN1. The molecule has 1 heteroatoms. The Bertz CT molecular complexity index is 260. The molecule has 2 rings (SSSR count). The summed E-state index contributed by atoms with van der Waals surface area (Å²) in [6, 6.07) is 11.5. The predicted octanol–water partition coefficient (Wildman–Crippen LogP) is 2.62. The molecule has 2 atom stereocenters. The molecule has 0 amide bonds. The lowest BCUT2D eigenvalue weighted by Crippen LogP contribution is -2.37. The largest absolute Gasteiger partial charge is 0.314 e. The third-order valence-corrected chi connectivity index (χ3v) is 3.13.